The Labute approximate surface area is 138 Å². The van der Waals surface area contributed by atoms with Crippen molar-refractivity contribution >= 4 is 5.91 Å². The van der Waals surface area contributed by atoms with E-state index in [2.05, 4.69) is 13.2 Å². The van der Waals surface area contributed by atoms with Gasteiger partial charge in [-0.1, -0.05) is 92.0 Å². The van der Waals surface area contributed by atoms with Crippen LogP contribution in [0.3, 0.4) is 0 Å². The summed E-state index contributed by atoms with van der Waals surface area (Å²) in [6.07, 6.45) is 6.83. The summed E-state index contributed by atoms with van der Waals surface area (Å²) in [5.74, 6) is -0.101. The van der Waals surface area contributed by atoms with E-state index in [9.17, 15) is 4.79 Å². The van der Waals surface area contributed by atoms with E-state index in [1.54, 1.807) is 11.0 Å². The minimum absolute atomic E-state index is 0.101. The maximum absolute atomic E-state index is 12.4. The van der Waals surface area contributed by atoms with Crippen molar-refractivity contribution in [1.82, 2.24) is 4.90 Å². The topological polar surface area (TPSA) is 20.3 Å². The Hall–Kier alpha value is -2.87. The highest BCUT2D eigenvalue weighted by Crippen LogP contribution is 2.28. The quantitative estimate of drug-likeness (QED) is 0.543. The average molecular weight is 303 g/mol. The van der Waals surface area contributed by atoms with Crippen molar-refractivity contribution in [3.8, 4) is 0 Å². The first-order valence-electron chi connectivity index (χ1n) is 7.58. The van der Waals surface area contributed by atoms with E-state index >= 15 is 0 Å². The van der Waals surface area contributed by atoms with Gasteiger partial charge in [-0.25, -0.2) is 0 Å². The standard InChI is InChI=1S/C21H21NO/c1-3-5-12-17-22(20(23)4-2)21(18-13-8-6-9-14-18)19-15-10-7-11-16-19/h3-16,21H,1-2,17H2/b12-5+. The SMILES string of the molecule is C=C/C=C/CN(C(=O)C=C)C(c1ccccc1)c1ccccc1. The molecule has 2 aromatic carbocycles. The molecule has 0 radical (unpaired) electrons. The molecule has 0 aliphatic carbocycles. The maximum Gasteiger partial charge on any atom is 0.247 e. The second kappa shape index (κ2) is 8.54. The highest BCUT2D eigenvalue weighted by Gasteiger charge is 2.24. The number of rotatable bonds is 7. The van der Waals surface area contributed by atoms with Crippen LogP contribution in [0.1, 0.15) is 17.2 Å². The lowest BCUT2D eigenvalue weighted by Gasteiger charge is -2.31. The summed E-state index contributed by atoms with van der Waals surface area (Å²) in [4.78, 5) is 14.2. The zero-order valence-corrected chi connectivity index (χ0v) is 13.1. The molecule has 2 nitrogen and oxygen atoms in total. The number of carbonyl (C=O) groups is 1. The Balaban J connectivity index is 2.48. The molecule has 0 unspecified atom stereocenters. The van der Waals surface area contributed by atoms with Crippen LogP contribution < -0.4 is 0 Å². The molecule has 0 fully saturated rings. The minimum atomic E-state index is -0.155. The minimum Gasteiger partial charge on any atom is -0.324 e. The number of hydrogen-bond donors (Lipinski definition) is 0. The van der Waals surface area contributed by atoms with Gasteiger partial charge in [0, 0.05) is 6.54 Å². The molecule has 0 aliphatic rings. The Morgan fingerprint density at radius 2 is 1.48 bits per heavy atom. The van der Waals surface area contributed by atoms with Crippen molar-refractivity contribution in [2.45, 2.75) is 6.04 Å². The van der Waals surface area contributed by atoms with Crippen molar-refractivity contribution in [1.29, 1.82) is 0 Å². The summed E-state index contributed by atoms with van der Waals surface area (Å²) in [5, 5.41) is 0. The molecule has 0 saturated carbocycles. The predicted molar refractivity (Wildman–Crippen MR) is 96.0 cm³/mol. The van der Waals surface area contributed by atoms with Crippen LogP contribution in [0.2, 0.25) is 0 Å². The zero-order chi connectivity index (χ0) is 16.5. The third-order valence-electron chi connectivity index (χ3n) is 3.57. The largest absolute Gasteiger partial charge is 0.324 e. The van der Waals surface area contributed by atoms with Crippen LogP contribution in [-0.2, 0) is 4.79 Å². The number of nitrogens with zero attached hydrogens (tertiary/aromatic N) is 1. The lowest BCUT2D eigenvalue weighted by molar-refractivity contribution is -0.127. The molecule has 116 valence electrons. The van der Waals surface area contributed by atoms with Crippen molar-refractivity contribution in [2.24, 2.45) is 0 Å². The van der Waals surface area contributed by atoms with Crippen molar-refractivity contribution < 1.29 is 4.79 Å². The fourth-order valence-electron chi connectivity index (χ4n) is 2.53. The predicted octanol–water partition coefficient (Wildman–Crippen LogP) is 4.53. The molecule has 2 heteroatoms. The van der Waals surface area contributed by atoms with Gasteiger partial charge in [-0.2, -0.15) is 0 Å². The third kappa shape index (κ3) is 4.30. The number of carbonyl (C=O) groups excluding carboxylic acids is 1. The first kappa shape index (κ1) is 16.5. The molecule has 0 heterocycles. The van der Waals surface area contributed by atoms with Crippen LogP contribution in [0.25, 0.3) is 0 Å². The second-order valence-electron chi connectivity index (χ2n) is 5.08. The Morgan fingerprint density at radius 3 is 1.91 bits per heavy atom. The Morgan fingerprint density at radius 1 is 0.957 bits per heavy atom. The van der Waals surface area contributed by atoms with E-state index < -0.39 is 0 Å². The molecule has 23 heavy (non-hydrogen) atoms. The fourth-order valence-corrected chi connectivity index (χ4v) is 2.53. The second-order valence-corrected chi connectivity index (χ2v) is 5.08. The van der Waals surface area contributed by atoms with Crippen molar-refractivity contribution in [2.75, 3.05) is 6.54 Å². The van der Waals surface area contributed by atoms with E-state index in [4.69, 9.17) is 0 Å². The van der Waals surface area contributed by atoms with Crippen LogP contribution in [-0.4, -0.2) is 17.4 Å². The highest BCUT2D eigenvalue weighted by atomic mass is 16.2. The average Bonchev–Trinajstić information content (AvgIpc) is 2.62. The third-order valence-corrected chi connectivity index (χ3v) is 3.57. The number of hydrogen-bond acceptors (Lipinski definition) is 1. The summed E-state index contributed by atoms with van der Waals surface area (Å²) < 4.78 is 0. The van der Waals surface area contributed by atoms with Gasteiger partial charge in [-0.3, -0.25) is 4.79 Å². The van der Waals surface area contributed by atoms with Gasteiger partial charge in [-0.15, -0.1) is 0 Å². The fraction of sp³-hybridized carbons (Fsp3) is 0.0952. The van der Waals surface area contributed by atoms with Crippen molar-refractivity contribution in [3.63, 3.8) is 0 Å². The Bertz CT molecular complexity index is 634. The molecule has 0 N–H and O–H groups in total. The molecule has 0 saturated heterocycles. The van der Waals surface area contributed by atoms with E-state index in [0.29, 0.717) is 6.54 Å². The monoisotopic (exact) mass is 303 g/mol. The molecular weight excluding hydrogens is 282 g/mol. The Kier molecular flexibility index (Phi) is 6.13. The molecule has 0 spiro atoms. The molecule has 0 aliphatic heterocycles. The molecule has 2 rings (SSSR count). The molecule has 0 aromatic heterocycles. The molecule has 0 atom stereocenters. The molecule has 2 aromatic rings. The molecular formula is C21H21NO. The molecule has 0 bridgehead atoms. The van der Waals surface area contributed by atoms with Gasteiger partial charge in [0.25, 0.3) is 0 Å². The lowest BCUT2D eigenvalue weighted by Crippen LogP contribution is -2.34. The smallest absolute Gasteiger partial charge is 0.247 e. The first-order valence-corrected chi connectivity index (χ1v) is 7.58. The van der Waals surface area contributed by atoms with Crippen LogP contribution in [0.4, 0.5) is 0 Å². The number of benzene rings is 2. The van der Waals surface area contributed by atoms with Gasteiger partial charge >= 0.3 is 0 Å². The van der Waals surface area contributed by atoms with Gasteiger partial charge in [0.2, 0.25) is 5.91 Å². The van der Waals surface area contributed by atoms with Crippen molar-refractivity contribution in [3.05, 3.63) is 109 Å². The summed E-state index contributed by atoms with van der Waals surface area (Å²) >= 11 is 0. The highest BCUT2D eigenvalue weighted by molar-refractivity contribution is 5.87. The normalized spacial score (nSPS) is 10.7. The first-order chi connectivity index (χ1) is 11.3. The summed E-state index contributed by atoms with van der Waals surface area (Å²) in [6.45, 7) is 7.81. The summed E-state index contributed by atoms with van der Waals surface area (Å²) in [7, 11) is 0. The molecule has 1 amide bonds. The number of allylic oxidation sites excluding steroid dienone is 2. The van der Waals surface area contributed by atoms with Crippen LogP contribution in [0, 0.1) is 0 Å². The van der Waals surface area contributed by atoms with Gasteiger partial charge in [0.15, 0.2) is 0 Å². The summed E-state index contributed by atoms with van der Waals surface area (Å²) in [6, 6.07) is 19.9. The number of amides is 1. The lowest BCUT2D eigenvalue weighted by atomic mass is 9.97. The van der Waals surface area contributed by atoms with Crippen LogP contribution in [0.5, 0.6) is 0 Å². The van der Waals surface area contributed by atoms with E-state index in [1.807, 2.05) is 72.8 Å². The van der Waals surface area contributed by atoms with Gasteiger partial charge in [-0.05, 0) is 17.2 Å². The zero-order valence-electron chi connectivity index (χ0n) is 13.1. The van der Waals surface area contributed by atoms with Gasteiger partial charge < -0.3 is 4.90 Å². The maximum atomic E-state index is 12.4. The van der Waals surface area contributed by atoms with Crippen LogP contribution >= 0.6 is 0 Å². The van der Waals surface area contributed by atoms with E-state index in [1.165, 1.54) is 6.08 Å². The van der Waals surface area contributed by atoms with Gasteiger partial charge in [0.05, 0.1) is 6.04 Å². The summed E-state index contributed by atoms with van der Waals surface area (Å²) in [5.41, 5.74) is 2.14. The van der Waals surface area contributed by atoms with E-state index in [0.717, 1.165) is 11.1 Å². The van der Waals surface area contributed by atoms with E-state index in [-0.39, 0.29) is 11.9 Å². The van der Waals surface area contributed by atoms with Crippen LogP contribution in [0.15, 0.2) is 98.1 Å². The van der Waals surface area contributed by atoms with Gasteiger partial charge in [0.1, 0.15) is 0 Å².